The number of aromatic carboxylic acids is 1. The van der Waals surface area contributed by atoms with Crippen molar-refractivity contribution in [3.63, 3.8) is 0 Å². The molecule has 0 fully saturated rings. The first-order valence-electron chi connectivity index (χ1n) is 20.4. The summed E-state index contributed by atoms with van der Waals surface area (Å²) in [4.78, 5) is 8.92. The van der Waals surface area contributed by atoms with Gasteiger partial charge in [-0.2, -0.15) is 40.6 Å². The monoisotopic (exact) mass is 1030 g/mol. The molecule has 0 bridgehead atoms. The van der Waals surface area contributed by atoms with Crippen LogP contribution in [0.1, 0.15) is 15.9 Å². The second kappa shape index (κ2) is 19.1. The maximum atomic E-state index is 12.7. The summed E-state index contributed by atoms with van der Waals surface area (Å²) in [6.07, 6.45) is 0. The van der Waals surface area contributed by atoms with E-state index in [4.69, 9.17) is 11.5 Å². The van der Waals surface area contributed by atoms with Crippen molar-refractivity contribution in [2.45, 2.75) is 21.6 Å². The maximum absolute atomic E-state index is 12.7. The Labute approximate surface area is 407 Å². The molecule has 0 radical (unpaired) electrons. The highest BCUT2D eigenvalue weighted by Gasteiger charge is 2.26. The van der Waals surface area contributed by atoms with Gasteiger partial charge in [-0.25, -0.2) is 4.79 Å². The number of nitrogen functional groups attached to an aromatic ring is 2. The van der Waals surface area contributed by atoms with Crippen molar-refractivity contribution < 1.29 is 59.0 Å². The molecule has 0 saturated carbocycles. The summed E-state index contributed by atoms with van der Waals surface area (Å²) in [5.74, 6) is -2.66. The molecule has 8 aromatic carbocycles. The molecular weight excluding hydrogens is 997 g/mol. The number of hydrogen-bond donors (Lipinski definition) is 8. The number of fused-ring (bicyclic) bond motifs is 2. The normalized spacial score (nSPS) is 12.6. The first-order chi connectivity index (χ1) is 34.0. The number of nitrogens with zero attached hydrogens (tertiary/aromatic N) is 8. The van der Waals surface area contributed by atoms with E-state index in [0.29, 0.717) is 16.9 Å². The number of azo groups is 4. The Balaban J connectivity index is 1.09. The minimum absolute atomic E-state index is 0.0245. The number of hydrogen-bond acceptors (Lipinski definition) is 19. The predicted molar refractivity (Wildman–Crippen MR) is 263 cm³/mol. The molecule has 364 valence electrons. The summed E-state index contributed by atoms with van der Waals surface area (Å²) >= 11 is 0. The number of benzene rings is 8. The number of rotatable bonds is 13. The lowest BCUT2D eigenvalue weighted by atomic mass is 10.1. The van der Waals surface area contributed by atoms with Crippen LogP contribution in [0.15, 0.2) is 183 Å². The first-order valence-corrected chi connectivity index (χ1v) is 24.7. The molecule has 10 N–H and O–H groups in total. The average Bonchev–Trinajstić information content (AvgIpc) is 3.33. The minimum Gasteiger partial charge on any atom is -0.507 e. The fraction of sp³-hybridized carbons (Fsp3) is 0.0217. The van der Waals surface area contributed by atoms with E-state index in [2.05, 4.69) is 40.9 Å². The van der Waals surface area contributed by atoms with Gasteiger partial charge in [-0.05, 0) is 108 Å². The highest BCUT2D eigenvalue weighted by molar-refractivity contribution is 7.86. The molecule has 8 aromatic rings. The summed E-state index contributed by atoms with van der Waals surface area (Å²) < 4.78 is 105. The summed E-state index contributed by atoms with van der Waals surface area (Å²) in [7, 11) is -15.1. The molecule has 0 aliphatic heterocycles. The molecule has 0 unspecified atom stereocenters. The minimum atomic E-state index is -5.23. The molecule has 0 heterocycles. The third kappa shape index (κ3) is 10.3. The van der Waals surface area contributed by atoms with Gasteiger partial charge >= 0.3 is 5.97 Å². The summed E-state index contributed by atoms with van der Waals surface area (Å²) in [5.41, 5.74) is 14.0. The Hall–Kier alpha value is -8.92. The van der Waals surface area contributed by atoms with Crippen LogP contribution in [0.2, 0.25) is 0 Å². The molecule has 26 heteroatoms. The number of aryl methyl sites for hydroxylation is 1. The van der Waals surface area contributed by atoms with E-state index in [9.17, 15) is 59.0 Å². The van der Waals surface area contributed by atoms with Crippen LogP contribution < -0.4 is 11.5 Å². The van der Waals surface area contributed by atoms with Gasteiger partial charge in [-0.15, -0.1) is 25.6 Å². The molecule has 0 aromatic heterocycles. The van der Waals surface area contributed by atoms with Crippen molar-refractivity contribution in [1.82, 2.24) is 0 Å². The van der Waals surface area contributed by atoms with Crippen molar-refractivity contribution in [2.24, 2.45) is 40.9 Å². The predicted octanol–water partition coefficient (Wildman–Crippen LogP) is 11.6. The maximum Gasteiger partial charge on any atom is 0.339 e. The lowest BCUT2D eigenvalue weighted by molar-refractivity contribution is 0.0693. The van der Waals surface area contributed by atoms with Crippen molar-refractivity contribution in [2.75, 3.05) is 11.5 Å². The first kappa shape index (κ1) is 49.5. The number of carbonyl (C=O) groups is 1. The van der Waals surface area contributed by atoms with Crippen molar-refractivity contribution in [1.29, 1.82) is 0 Å². The molecule has 0 aliphatic rings. The van der Waals surface area contributed by atoms with Crippen LogP contribution in [0.4, 0.5) is 56.9 Å². The number of phenols is 2. The standard InChI is InChI=1S/C46H34N10O13S3/c1-23-18-36(42(48)44(41(23)47)56-50-28-12-8-25(9-13-28)24-6-10-27(11-7-24)49-51-29-14-16-37(57)33(21-29)46(59)60)54-53-35-22-32-26(19-39(35)71(64,65)66)20-40(72(67,68)69)43(45(32)58)55-52-34-15-17-38(70(61,62)63)31-5-3-2-4-30(31)34/h2-22,57-58H,47-48H2,1H3,(H,59,60)(H,61,62,63)(H,64,65,66)(H,67,68,69). The van der Waals surface area contributed by atoms with E-state index in [0.717, 1.165) is 41.5 Å². The zero-order valence-electron chi connectivity index (χ0n) is 36.6. The highest BCUT2D eigenvalue weighted by Crippen LogP contribution is 2.46. The number of anilines is 2. The largest absolute Gasteiger partial charge is 0.507 e. The number of carboxylic acid groups (broad SMARTS) is 1. The lowest BCUT2D eigenvalue weighted by Crippen LogP contribution is -2.01. The van der Waals surface area contributed by atoms with Crippen LogP contribution in [-0.4, -0.2) is 60.2 Å². The molecule has 23 nitrogen and oxygen atoms in total. The topological polar surface area (TPSA) is 392 Å². The van der Waals surface area contributed by atoms with Crippen LogP contribution >= 0.6 is 0 Å². The quantitative estimate of drug-likeness (QED) is 0.0302. The molecule has 0 spiro atoms. The van der Waals surface area contributed by atoms with Crippen LogP contribution in [0.5, 0.6) is 11.5 Å². The third-order valence-electron chi connectivity index (χ3n) is 10.7. The van der Waals surface area contributed by atoms with Gasteiger partial charge < -0.3 is 26.8 Å². The summed E-state index contributed by atoms with van der Waals surface area (Å²) in [6.45, 7) is 1.60. The fourth-order valence-corrected chi connectivity index (χ4v) is 9.14. The molecule has 0 amide bonds. The Kier molecular flexibility index (Phi) is 13.1. The van der Waals surface area contributed by atoms with Crippen molar-refractivity contribution >= 4 is 115 Å². The van der Waals surface area contributed by atoms with Gasteiger partial charge in [0.1, 0.15) is 48.7 Å². The molecule has 72 heavy (non-hydrogen) atoms. The average molecular weight is 1030 g/mol. The highest BCUT2D eigenvalue weighted by atomic mass is 32.2. The molecule has 8 rings (SSSR count). The number of phenolic OH excluding ortho intramolecular Hbond substituents is 1. The van der Waals surface area contributed by atoms with Crippen LogP contribution in [-0.2, 0) is 30.4 Å². The summed E-state index contributed by atoms with van der Waals surface area (Å²) in [6, 6.07) is 29.6. The molecule has 0 atom stereocenters. The van der Waals surface area contributed by atoms with Crippen LogP contribution in [0.25, 0.3) is 32.7 Å². The molecule has 0 aliphatic carbocycles. The fourth-order valence-electron chi connectivity index (χ4n) is 7.15. The SMILES string of the molecule is Cc1cc(N=Nc2cc3c(O)c(N=Nc4ccc(S(=O)(=O)O)c5ccccc45)c(S(=O)(=O)O)cc3cc2S(=O)(=O)O)c(N)c(N=Nc2ccc(-c3ccc(N=Nc4ccc(O)c(C(=O)O)c4)cc3)cc2)c1N. The Morgan fingerprint density at radius 1 is 0.472 bits per heavy atom. The van der Waals surface area contributed by atoms with Crippen LogP contribution in [0.3, 0.4) is 0 Å². The number of nitrogens with two attached hydrogens (primary N) is 2. The van der Waals surface area contributed by atoms with E-state index in [1.165, 1.54) is 48.5 Å². The second-order valence-electron chi connectivity index (χ2n) is 15.5. The molecular formula is C46H34N10O13S3. The zero-order valence-corrected chi connectivity index (χ0v) is 39.1. The van der Waals surface area contributed by atoms with Gasteiger partial charge in [-0.1, -0.05) is 48.5 Å². The van der Waals surface area contributed by atoms with Gasteiger partial charge in [0.05, 0.1) is 34.1 Å². The second-order valence-corrected chi connectivity index (χ2v) is 19.6. The Morgan fingerprint density at radius 2 is 0.986 bits per heavy atom. The van der Waals surface area contributed by atoms with Gasteiger partial charge in [0.15, 0.2) is 5.75 Å². The zero-order chi connectivity index (χ0) is 51.9. The van der Waals surface area contributed by atoms with Gasteiger partial charge in [-0.3, -0.25) is 13.7 Å². The van der Waals surface area contributed by atoms with E-state index < -0.39 is 73.9 Å². The molecule has 0 saturated heterocycles. The Bertz CT molecular complexity index is 4040. The third-order valence-corrected chi connectivity index (χ3v) is 13.4. The van der Waals surface area contributed by atoms with E-state index in [1.807, 2.05) is 0 Å². The summed E-state index contributed by atoms with van der Waals surface area (Å²) in [5, 5.41) is 62.7. The van der Waals surface area contributed by atoms with Gasteiger partial charge in [0.2, 0.25) is 0 Å². The van der Waals surface area contributed by atoms with Crippen molar-refractivity contribution in [3.05, 3.63) is 139 Å². The number of aromatic hydroxyl groups is 2. The van der Waals surface area contributed by atoms with Crippen LogP contribution in [0, 0.1) is 6.92 Å². The van der Waals surface area contributed by atoms with Gasteiger partial charge in [0, 0.05) is 16.2 Å². The Morgan fingerprint density at radius 3 is 1.58 bits per heavy atom. The van der Waals surface area contributed by atoms with E-state index in [1.54, 1.807) is 55.5 Å². The lowest BCUT2D eigenvalue weighted by Gasteiger charge is -2.12. The van der Waals surface area contributed by atoms with Crippen molar-refractivity contribution in [3.8, 4) is 22.6 Å². The number of carboxylic acids is 1. The smallest absolute Gasteiger partial charge is 0.339 e. The van der Waals surface area contributed by atoms with E-state index >= 15 is 0 Å². The van der Waals surface area contributed by atoms with Gasteiger partial charge in [0.25, 0.3) is 30.4 Å². The van der Waals surface area contributed by atoms with E-state index in [-0.39, 0.29) is 61.2 Å².